The van der Waals surface area contributed by atoms with Gasteiger partial charge in [-0.25, -0.2) is 9.36 Å². The van der Waals surface area contributed by atoms with E-state index in [-0.39, 0.29) is 6.10 Å². The number of hydrogen-bond acceptors (Lipinski definition) is 5. The van der Waals surface area contributed by atoms with Crippen LogP contribution < -0.4 is 5.50 Å². The molecule has 0 aromatic carbocycles. The summed E-state index contributed by atoms with van der Waals surface area (Å²) in [6, 6.07) is 0. The molecule has 1 atom stereocenters. The maximum atomic E-state index is 10.6. The molecular formula is C5H11NO6P. The van der Waals surface area contributed by atoms with Crippen LogP contribution in [0.5, 0.6) is 0 Å². The van der Waals surface area contributed by atoms with Crippen molar-refractivity contribution in [1.82, 2.24) is 5.50 Å². The maximum absolute atomic E-state index is 10.6. The van der Waals surface area contributed by atoms with Crippen LogP contribution in [0.3, 0.4) is 0 Å². The van der Waals surface area contributed by atoms with Gasteiger partial charge in [-0.15, -0.1) is 5.50 Å². The highest BCUT2D eigenvalue weighted by Crippen LogP contribution is 2.33. The van der Waals surface area contributed by atoms with Crippen LogP contribution >= 0.6 is 7.75 Å². The first-order valence-corrected chi connectivity index (χ1v) is 4.95. The molecule has 1 radical (unpaired) electrons. The molecule has 1 unspecified atom stereocenters. The zero-order chi connectivity index (χ0) is 10.5. The summed E-state index contributed by atoms with van der Waals surface area (Å²) in [5, 5.41) is 0. The Kier molecular flexibility index (Phi) is 4.94. The Hall–Kier alpha value is -0.620. The fraction of sp³-hybridized carbons (Fsp3) is 0.800. The predicted molar refractivity (Wildman–Crippen MR) is 41.6 cm³/mol. The molecule has 0 heterocycles. The third-order valence-corrected chi connectivity index (χ3v) is 1.19. The Labute approximate surface area is 75.4 Å². The molecule has 0 rings (SSSR count). The van der Waals surface area contributed by atoms with Crippen molar-refractivity contribution in [3.05, 3.63) is 0 Å². The number of nitrogens with one attached hydrogen (secondary N) is 1. The molecule has 13 heavy (non-hydrogen) atoms. The quantitative estimate of drug-likeness (QED) is 0.421. The second-order valence-corrected chi connectivity index (χ2v) is 3.63. The molecule has 0 aliphatic rings. The van der Waals surface area contributed by atoms with Crippen LogP contribution in [0.1, 0.15) is 13.8 Å². The summed E-state index contributed by atoms with van der Waals surface area (Å²) in [6.45, 7) is 2.45. The van der Waals surface area contributed by atoms with Gasteiger partial charge in [0.25, 0.3) is 0 Å². The zero-order valence-corrected chi connectivity index (χ0v) is 8.11. The smallest absolute Gasteiger partial charge is 0.432 e. The van der Waals surface area contributed by atoms with Crippen LogP contribution in [0.25, 0.3) is 0 Å². The van der Waals surface area contributed by atoms with Gasteiger partial charge in [-0.05, 0) is 13.8 Å². The lowest BCUT2D eigenvalue weighted by Gasteiger charge is -2.09. The van der Waals surface area contributed by atoms with Gasteiger partial charge in [0.1, 0.15) is 0 Å². The summed E-state index contributed by atoms with van der Waals surface area (Å²) in [5.74, 6) is 0. The van der Waals surface area contributed by atoms with E-state index in [1.807, 2.05) is 0 Å². The standard InChI is InChI=1S/C5H11NO6P/c1-4(2)12-5(7)10-3-11-13(6,8)9/h4,6H,3H2,1-2H3,(H,8,9). The molecule has 0 aromatic heterocycles. The lowest BCUT2D eigenvalue weighted by molar-refractivity contribution is -0.0109. The lowest BCUT2D eigenvalue weighted by atomic mass is 10.5. The van der Waals surface area contributed by atoms with E-state index in [0.717, 1.165) is 0 Å². The molecule has 0 fully saturated rings. The van der Waals surface area contributed by atoms with E-state index in [9.17, 15) is 9.36 Å². The summed E-state index contributed by atoms with van der Waals surface area (Å²) in [7, 11) is -4.34. The third-order valence-electron chi connectivity index (χ3n) is 0.736. The van der Waals surface area contributed by atoms with Crippen LogP contribution in [0.4, 0.5) is 4.79 Å². The number of rotatable bonds is 4. The third kappa shape index (κ3) is 9.29. The Balaban J connectivity index is 3.55. The first kappa shape index (κ1) is 12.4. The summed E-state index contributed by atoms with van der Waals surface area (Å²) in [5.41, 5.74) is 6.37. The monoisotopic (exact) mass is 212 g/mol. The predicted octanol–water partition coefficient (Wildman–Crippen LogP) is 0.905. The van der Waals surface area contributed by atoms with Crippen LogP contribution in [-0.4, -0.2) is 23.9 Å². The molecule has 0 saturated carbocycles. The number of ether oxygens (including phenoxy) is 2. The van der Waals surface area contributed by atoms with Gasteiger partial charge in [0.05, 0.1) is 6.10 Å². The Morgan fingerprint density at radius 1 is 1.62 bits per heavy atom. The molecule has 77 valence electrons. The van der Waals surface area contributed by atoms with E-state index in [2.05, 4.69) is 14.0 Å². The van der Waals surface area contributed by atoms with E-state index in [4.69, 9.17) is 10.4 Å². The minimum atomic E-state index is -4.34. The molecule has 8 heteroatoms. The van der Waals surface area contributed by atoms with E-state index in [1.54, 1.807) is 13.8 Å². The topological polar surface area (TPSA) is 106 Å². The minimum absolute atomic E-state index is 0.343. The van der Waals surface area contributed by atoms with Gasteiger partial charge in [-0.1, -0.05) is 0 Å². The van der Waals surface area contributed by atoms with Crippen molar-refractivity contribution in [2.45, 2.75) is 20.0 Å². The summed E-state index contributed by atoms with van der Waals surface area (Å²) >= 11 is 0. The highest BCUT2D eigenvalue weighted by molar-refractivity contribution is 7.49. The fourth-order valence-corrected chi connectivity index (χ4v) is 0.568. The molecule has 7 nitrogen and oxygen atoms in total. The number of carbonyl (C=O) groups is 1. The van der Waals surface area contributed by atoms with Gasteiger partial charge < -0.3 is 14.4 Å². The molecule has 0 bridgehead atoms. The van der Waals surface area contributed by atoms with Gasteiger partial charge in [-0.3, -0.25) is 4.52 Å². The van der Waals surface area contributed by atoms with Crippen molar-refractivity contribution >= 4 is 13.9 Å². The Morgan fingerprint density at radius 2 is 2.15 bits per heavy atom. The molecule has 0 aliphatic carbocycles. The highest BCUT2D eigenvalue weighted by Gasteiger charge is 2.14. The molecule has 0 spiro atoms. The van der Waals surface area contributed by atoms with Gasteiger partial charge in [0, 0.05) is 0 Å². The second kappa shape index (κ2) is 5.18. The van der Waals surface area contributed by atoms with Gasteiger partial charge >= 0.3 is 13.9 Å². The van der Waals surface area contributed by atoms with Crippen molar-refractivity contribution in [2.24, 2.45) is 0 Å². The summed E-state index contributed by atoms with van der Waals surface area (Å²) in [4.78, 5) is 18.9. The van der Waals surface area contributed by atoms with Crippen LogP contribution in [-0.2, 0) is 18.6 Å². The Morgan fingerprint density at radius 3 is 2.54 bits per heavy atom. The average Bonchev–Trinajstić information content (AvgIpc) is 1.81. The lowest BCUT2D eigenvalue weighted by Crippen LogP contribution is -2.14. The maximum Gasteiger partial charge on any atom is 0.510 e. The van der Waals surface area contributed by atoms with Crippen molar-refractivity contribution in [1.29, 1.82) is 0 Å². The second-order valence-electron chi connectivity index (χ2n) is 2.33. The normalized spacial score (nSPS) is 15.2. The van der Waals surface area contributed by atoms with Crippen molar-refractivity contribution in [3.8, 4) is 0 Å². The molecule has 2 N–H and O–H groups in total. The largest absolute Gasteiger partial charge is 0.510 e. The number of carbonyl (C=O) groups excluding carboxylic acids is 1. The van der Waals surface area contributed by atoms with Crippen molar-refractivity contribution in [3.63, 3.8) is 0 Å². The SMILES string of the molecule is CC(C)OC(=O)OCOP([NH])(=O)O. The number of hydrogen-bond donors (Lipinski definition) is 1. The molecular weight excluding hydrogens is 201 g/mol. The van der Waals surface area contributed by atoms with E-state index in [0.29, 0.717) is 0 Å². The first-order valence-electron chi connectivity index (χ1n) is 3.37. The zero-order valence-electron chi connectivity index (χ0n) is 7.22. The van der Waals surface area contributed by atoms with Crippen LogP contribution in [0.2, 0.25) is 0 Å². The van der Waals surface area contributed by atoms with Crippen LogP contribution in [0, 0.1) is 0 Å². The van der Waals surface area contributed by atoms with Crippen molar-refractivity contribution in [2.75, 3.05) is 6.79 Å². The molecule has 0 saturated heterocycles. The van der Waals surface area contributed by atoms with Gasteiger partial charge in [0.15, 0.2) is 0 Å². The highest BCUT2D eigenvalue weighted by atomic mass is 31.2. The fourth-order valence-electron chi connectivity index (χ4n) is 0.372. The molecule has 0 aliphatic heterocycles. The van der Waals surface area contributed by atoms with E-state index < -0.39 is 20.7 Å². The molecule has 0 amide bonds. The summed E-state index contributed by atoms with van der Waals surface area (Å²) in [6.07, 6.45) is -1.35. The minimum Gasteiger partial charge on any atom is -0.432 e. The average molecular weight is 212 g/mol. The van der Waals surface area contributed by atoms with Gasteiger partial charge in [-0.2, -0.15) is 0 Å². The van der Waals surface area contributed by atoms with Crippen LogP contribution in [0.15, 0.2) is 0 Å². The van der Waals surface area contributed by atoms with Crippen molar-refractivity contribution < 1.29 is 28.3 Å². The Bertz CT molecular complexity index is 211. The summed E-state index contributed by atoms with van der Waals surface area (Å²) < 4.78 is 22.8. The van der Waals surface area contributed by atoms with Gasteiger partial charge in [0.2, 0.25) is 6.79 Å². The first-order chi connectivity index (χ1) is 5.81. The van der Waals surface area contributed by atoms with E-state index in [1.165, 1.54) is 0 Å². The molecule has 0 aromatic rings. The van der Waals surface area contributed by atoms with E-state index >= 15 is 0 Å².